The first-order valence-electron chi connectivity index (χ1n) is 6.04. The molecule has 2 aromatic heterocycles. The molecule has 2 heterocycles. The van der Waals surface area contributed by atoms with Gasteiger partial charge in [0.05, 0.1) is 6.04 Å². The molecule has 17 heavy (non-hydrogen) atoms. The molecule has 0 saturated heterocycles. The normalized spacial score (nSPS) is 31.5. The van der Waals surface area contributed by atoms with Gasteiger partial charge in [-0.05, 0) is 31.1 Å². The molecule has 0 radical (unpaired) electrons. The molecule has 2 bridgehead atoms. The Morgan fingerprint density at radius 1 is 1.24 bits per heavy atom. The highest BCUT2D eigenvalue weighted by Crippen LogP contribution is 2.50. The van der Waals surface area contributed by atoms with Crippen molar-refractivity contribution in [3.8, 4) is 0 Å². The summed E-state index contributed by atoms with van der Waals surface area (Å²) in [5, 5.41) is 8.73. The zero-order valence-corrected chi connectivity index (χ0v) is 10.0. The third kappa shape index (κ3) is 1.32. The van der Waals surface area contributed by atoms with Gasteiger partial charge in [0.15, 0.2) is 16.3 Å². The predicted molar refractivity (Wildman–Crippen MR) is 62.6 cm³/mol. The van der Waals surface area contributed by atoms with E-state index in [0.717, 1.165) is 17.5 Å². The van der Waals surface area contributed by atoms with Crippen molar-refractivity contribution in [1.82, 2.24) is 25.0 Å². The van der Waals surface area contributed by atoms with Crippen molar-refractivity contribution in [3.05, 3.63) is 11.5 Å². The van der Waals surface area contributed by atoms with Crippen molar-refractivity contribution >= 4 is 22.8 Å². The first-order valence-corrected chi connectivity index (χ1v) is 6.42. The van der Waals surface area contributed by atoms with Gasteiger partial charge in [0.2, 0.25) is 0 Å². The smallest absolute Gasteiger partial charge is 0.183 e. The van der Waals surface area contributed by atoms with E-state index in [2.05, 4.69) is 20.3 Å². The summed E-state index contributed by atoms with van der Waals surface area (Å²) in [6.07, 6.45) is 6.73. The molecule has 2 aromatic rings. The highest BCUT2D eigenvalue weighted by atomic mass is 35.5. The van der Waals surface area contributed by atoms with Crippen LogP contribution in [0.4, 0.5) is 0 Å². The van der Waals surface area contributed by atoms with E-state index in [1.54, 1.807) is 0 Å². The number of nitrogens with zero attached hydrogens (tertiary/aromatic N) is 5. The van der Waals surface area contributed by atoms with Crippen molar-refractivity contribution < 1.29 is 0 Å². The first-order chi connectivity index (χ1) is 8.33. The van der Waals surface area contributed by atoms with E-state index in [1.807, 2.05) is 4.68 Å². The van der Waals surface area contributed by atoms with Gasteiger partial charge in [-0.25, -0.2) is 14.6 Å². The van der Waals surface area contributed by atoms with Crippen LogP contribution in [-0.4, -0.2) is 25.0 Å². The first kappa shape index (κ1) is 9.76. The zero-order valence-electron chi connectivity index (χ0n) is 9.25. The lowest BCUT2D eigenvalue weighted by Crippen LogP contribution is -2.17. The van der Waals surface area contributed by atoms with Crippen molar-refractivity contribution in [2.45, 2.75) is 31.7 Å². The lowest BCUT2D eigenvalue weighted by Gasteiger charge is -2.21. The van der Waals surface area contributed by atoms with E-state index in [4.69, 9.17) is 11.6 Å². The molecule has 3 unspecified atom stereocenters. The lowest BCUT2D eigenvalue weighted by molar-refractivity contribution is 0.308. The lowest BCUT2D eigenvalue weighted by atomic mass is 9.95. The minimum Gasteiger partial charge on any atom is -0.224 e. The van der Waals surface area contributed by atoms with Crippen LogP contribution in [-0.2, 0) is 0 Å². The number of hydrogen-bond acceptors (Lipinski definition) is 4. The SMILES string of the molecule is Clc1ncnc2c1nnn2C1CC2CCC1C2. The second kappa shape index (κ2) is 3.38. The van der Waals surface area contributed by atoms with E-state index in [0.29, 0.717) is 16.7 Å². The largest absolute Gasteiger partial charge is 0.224 e. The number of rotatable bonds is 1. The third-order valence-corrected chi connectivity index (χ3v) is 4.51. The van der Waals surface area contributed by atoms with Crippen LogP contribution in [0.15, 0.2) is 6.33 Å². The van der Waals surface area contributed by atoms with Gasteiger partial charge in [0.25, 0.3) is 0 Å². The van der Waals surface area contributed by atoms with E-state index in [1.165, 1.54) is 32.0 Å². The molecular weight excluding hydrogens is 238 g/mol. The van der Waals surface area contributed by atoms with Crippen LogP contribution in [0.2, 0.25) is 5.15 Å². The number of fused-ring (bicyclic) bond motifs is 3. The standard InChI is InChI=1S/C11H12ClN5/c12-10-9-11(14-5-13-10)17(16-15-9)8-4-6-1-2-7(8)3-6/h5-8H,1-4H2. The average Bonchev–Trinajstić information content (AvgIpc) is 3.03. The molecule has 2 aliphatic rings. The molecular formula is C11H12ClN5. The Bertz CT molecular complexity index is 580. The average molecular weight is 250 g/mol. The van der Waals surface area contributed by atoms with Gasteiger partial charge in [-0.15, -0.1) is 5.10 Å². The van der Waals surface area contributed by atoms with Crippen LogP contribution in [0, 0.1) is 11.8 Å². The van der Waals surface area contributed by atoms with Crippen LogP contribution in [0.3, 0.4) is 0 Å². The number of aromatic nitrogens is 5. The summed E-state index contributed by atoms with van der Waals surface area (Å²) in [6.45, 7) is 0. The van der Waals surface area contributed by atoms with E-state index >= 15 is 0 Å². The molecule has 0 N–H and O–H groups in total. The van der Waals surface area contributed by atoms with Crippen molar-refractivity contribution in [3.63, 3.8) is 0 Å². The van der Waals surface area contributed by atoms with E-state index < -0.39 is 0 Å². The van der Waals surface area contributed by atoms with E-state index in [9.17, 15) is 0 Å². The summed E-state index contributed by atoms with van der Waals surface area (Å²) in [5.41, 5.74) is 1.40. The Balaban J connectivity index is 1.84. The van der Waals surface area contributed by atoms with Crippen LogP contribution in [0.5, 0.6) is 0 Å². The second-order valence-corrected chi connectivity index (χ2v) is 5.47. The molecule has 2 aliphatic carbocycles. The molecule has 3 atom stereocenters. The predicted octanol–water partition coefficient (Wildman–Crippen LogP) is 2.24. The highest BCUT2D eigenvalue weighted by molar-refractivity contribution is 6.33. The van der Waals surface area contributed by atoms with E-state index in [-0.39, 0.29) is 0 Å². The molecule has 2 saturated carbocycles. The number of halogens is 1. The molecule has 0 amide bonds. The van der Waals surface area contributed by atoms with Gasteiger partial charge in [0.1, 0.15) is 6.33 Å². The third-order valence-electron chi connectivity index (χ3n) is 4.23. The molecule has 88 valence electrons. The number of hydrogen-bond donors (Lipinski definition) is 0. The molecule has 0 aromatic carbocycles. The van der Waals surface area contributed by atoms with Crippen molar-refractivity contribution in [2.24, 2.45) is 11.8 Å². The Labute approximate surface area is 103 Å². The Morgan fingerprint density at radius 2 is 2.18 bits per heavy atom. The minimum absolute atomic E-state index is 0.393. The maximum atomic E-state index is 5.99. The Hall–Kier alpha value is -1.23. The fourth-order valence-electron chi connectivity index (χ4n) is 3.47. The van der Waals surface area contributed by atoms with Gasteiger partial charge in [0, 0.05) is 0 Å². The maximum Gasteiger partial charge on any atom is 0.183 e. The van der Waals surface area contributed by atoms with Crippen LogP contribution in [0.25, 0.3) is 11.2 Å². The molecule has 0 spiro atoms. The van der Waals surface area contributed by atoms with Crippen LogP contribution >= 0.6 is 11.6 Å². The van der Waals surface area contributed by atoms with Crippen LogP contribution in [0.1, 0.15) is 31.7 Å². The topological polar surface area (TPSA) is 56.5 Å². The fourth-order valence-corrected chi connectivity index (χ4v) is 3.64. The summed E-state index contributed by atoms with van der Waals surface area (Å²) in [4.78, 5) is 8.21. The zero-order chi connectivity index (χ0) is 11.4. The quantitative estimate of drug-likeness (QED) is 0.728. The summed E-state index contributed by atoms with van der Waals surface area (Å²) < 4.78 is 1.96. The Kier molecular flexibility index (Phi) is 1.94. The molecule has 5 nitrogen and oxygen atoms in total. The van der Waals surface area contributed by atoms with Gasteiger partial charge < -0.3 is 0 Å². The molecule has 2 fully saturated rings. The highest BCUT2D eigenvalue weighted by Gasteiger charge is 2.41. The molecule has 0 aliphatic heterocycles. The molecule has 4 rings (SSSR count). The van der Waals surface area contributed by atoms with Crippen LogP contribution < -0.4 is 0 Å². The van der Waals surface area contributed by atoms with Gasteiger partial charge in [-0.2, -0.15) is 0 Å². The van der Waals surface area contributed by atoms with Gasteiger partial charge >= 0.3 is 0 Å². The van der Waals surface area contributed by atoms with Gasteiger partial charge in [-0.3, -0.25) is 0 Å². The summed E-state index contributed by atoms with van der Waals surface area (Å²) >= 11 is 5.99. The summed E-state index contributed by atoms with van der Waals surface area (Å²) in [5.74, 6) is 1.63. The van der Waals surface area contributed by atoms with Gasteiger partial charge in [-0.1, -0.05) is 23.2 Å². The van der Waals surface area contributed by atoms with Crippen molar-refractivity contribution in [1.29, 1.82) is 0 Å². The second-order valence-electron chi connectivity index (χ2n) is 5.11. The minimum atomic E-state index is 0.393. The molecule has 6 heteroatoms. The maximum absolute atomic E-state index is 5.99. The summed E-state index contributed by atoms with van der Waals surface area (Å²) in [6, 6.07) is 0.463. The fraction of sp³-hybridized carbons (Fsp3) is 0.636. The van der Waals surface area contributed by atoms with Crippen molar-refractivity contribution in [2.75, 3.05) is 0 Å². The monoisotopic (exact) mass is 249 g/mol. The Morgan fingerprint density at radius 3 is 2.94 bits per heavy atom. The summed E-state index contributed by atoms with van der Waals surface area (Å²) in [7, 11) is 0.